The number of morpholine rings is 1. The first-order valence-electron chi connectivity index (χ1n) is 5.04. The van der Waals surface area contributed by atoms with Gasteiger partial charge < -0.3 is 14.7 Å². The molecule has 0 amide bonds. The van der Waals surface area contributed by atoms with Crippen LogP contribution in [-0.4, -0.2) is 41.3 Å². The van der Waals surface area contributed by atoms with Crippen molar-refractivity contribution in [2.24, 2.45) is 0 Å². The molecule has 1 fully saturated rings. The van der Waals surface area contributed by atoms with Crippen LogP contribution in [0.25, 0.3) is 0 Å². The molecule has 16 heavy (non-hydrogen) atoms. The highest BCUT2D eigenvalue weighted by Gasteiger charge is 2.17. The number of ether oxygens (including phenoxy) is 1. The molecule has 86 valence electrons. The normalized spacial score (nSPS) is 16.2. The van der Waals surface area contributed by atoms with E-state index in [0.29, 0.717) is 23.8 Å². The van der Waals surface area contributed by atoms with Crippen molar-refractivity contribution < 1.29 is 9.84 Å². The largest absolute Gasteiger partial charge is 0.507 e. The molecule has 1 aromatic carbocycles. The Morgan fingerprint density at radius 3 is 2.75 bits per heavy atom. The first kappa shape index (κ1) is 11.8. The highest BCUT2D eigenvalue weighted by Crippen LogP contribution is 2.24. The Morgan fingerprint density at radius 2 is 2.06 bits per heavy atom. The van der Waals surface area contributed by atoms with E-state index in [1.165, 1.54) is 0 Å². The molecule has 1 N–H and O–H groups in total. The van der Waals surface area contributed by atoms with Crippen molar-refractivity contribution >= 4 is 33.1 Å². The quantitative estimate of drug-likeness (QED) is 0.806. The Balaban J connectivity index is 2.22. The summed E-state index contributed by atoms with van der Waals surface area (Å²) in [5, 5.41) is 9.77. The molecule has 1 aliphatic rings. The number of rotatable bonds is 1. The first-order chi connectivity index (χ1) is 7.68. The predicted octanol–water partition coefficient (Wildman–Crippen LogP) is 2.16. The molecule has 0 unspecified atom stereocenters. The Hall–Kier alpha value is -0.650. The van der Waals surface area contributed by atoms with Gasteiger partial charge in [-0.1, -0.05) is 28.1 Å². The average molecular weight is 302 g/mol. The molecule has 1 saturated heterocycles. The molecule has 0 bridgehead atoms. The fraction of sp³-hybridized carbons (Fsp3) is 0.364. The molecular weight excluding hydrogens is 290 g/mol. The number of aromatic hydroxyl groups is 1. The lowest BCUT2D eigenvalue weighted by molar-refractivity contribution is 0.0692. The van der Waals surface area contributed by atoms with Gasteiger partial charge in [-0.15, -0.1) is 0 Å². The second-order valence-electron chi connectivity index (χ2n) is 3.57. The fourth-order valence-corrected chi connectivity index (χ4v) is 2.32. The zero-order chi connectivity index (χ0) is 11.5. The number of hydrogen-bond donors (Lipinski definition) is 1. The van der Waals surface area contributed by atoms with Gasteiger partial charge in [0, 0.05) is 17.6 Å². The number of phenolic OH excluding ortho intramolecular Hbond substituents is 1. The third-order valence-electron chi connectivity index (χ3n) is 2.49. The van der Waals surface area contributed by atoms with Crippen LogP contribution >= 0.6 is 28.1 Å². The zero-order valence-electron chi connectivity index (χ0n) is 8.65. The standard InChI is InChI=1S/C11H12BrNO2S/c12-8-1-2-10(14)9(7-8)11(16)13-3-5-15-6-4-13/h1-2,7,14H,3-6H2. The van der Waals surface area contributed by atoms with Crippen LogP contribution < -0.4 is 0 Å². The molecule has 1 heterocycles. The SMILES string of the molecule is Oc1ccc(Br)cc1C(=S)N1CCOCC1. The first-order valence-corrected chi connectivity index (χ1v) is 6.24. The van der Waals surface area contributed by atoms with Gasteiger partial charge in [-0.05, 0) is 18.2 Å². The summed E-state index contributed by atoms with van der Waals surface area (Å²) in [6.45, 7) is 2.94. The molecule has 2 rings (SSSR count). The molecule has 0 aliphatic carbocycles. The van der Waals surface area contributed by atoms with E-state index in [2.05, 4.69) is 20.8 Å². The van der Waals surface area contributed by atoms with Gasteiger partial charge in [-0.2, -0.15) is 0 Å². The topological polar surface area (TPSA) is 32.7 Å². The maximum atomic E-state index is 9.77. The highest BCUT2D eigenvalue weighted by atomic mass is 79.9. The van der Waals surface area contributed by atoms with E-state index in [4.69, 9.17) is 17.0 Å². The maximum Gasteiger partial charge on any atom is 0.125 e. The van der Waals surface area contributed by atoms with Crippen LogP contribution in [0.3, 0.4) is 0 Å². The van der Waals surface area contributed by atoms with E-state index >= 15 is 0 Å². The molecule has 1 aromatic rings. The van der Waals surface area contributed by atoms with Gasteiger partial charge >= 0.3 is 0 Å². The number of thiocarbonyl (C=S) groups is 1. The van der Waals surface area contributed by atoms with E-state index in [0.717, 1.165) is 17.6 Å². The third-order valence-corrected chi connectivity index (χ3v) is 3.46. The molecule has 0 saturated carbocycles. The van der Waals surface area contributed by atoms with Crippen molar-refractivity contribution in [2.45, 2.75) is 0 Å². The Labute approximate surface area is 108 Å². The number of nitrogens with zero attached hydrogens (tertiary/aromatic N) is 1. The smallest absolute Gasteiger partial charge is 0.125 e. The van der Waals surface area contributed by atoms with E-state index in [1.54, 1.807) is 12.1 Å². The van der Waals surface area contributed by atoms with E-state index in [9.17, 15) is 5.11 Å². The van der Waals surface area contributed by atoms with Crippen molar-refractivity contribution in [3.8, 4) is 5.75 Å². The molecular formula is C11H12BrNO2S. The van der Waals surface area contributed by atoms with Crippen molar-refractivity contribution in [1.29, 1.82) is 0 Å². The van der Waals surface area contributed by atoms with Crippen molar-refractivity contribution in [2.75, 3.05) is 26.3 Å². The number of benzene rings is 1. The summed E-state index contributed by atoms with van der Waals surface area (Å²) in [6, 6.07) is 5.28. The van der Waals surface area contributed by atoms with Crippen LogP contribution in [0, 0.1) is 0 Å². The molecule has 5 heteroatoms. The van der Waals surface area contributed by atoms with Crippen molar-refractivity contribution in [3.05, 3.63) is 28.2 Å². The van der Waals surface area contributed by atoms with E-state index in [-0.39, 0.29) is 5.75 Å². The van der Waals surface area contributed by atoms with E-state index in [1.807, 2.05) is 6.07 Å². The lowest BCUT2D eigenvalue weighted by Gasteiger charge is -2.29. The zero-order valence-corrected chi connectivity index (χ0v) is 11.1. The minimum absolute atomic E-state index is 0.222. The van der Waals surface area contributed by atoms with Crippen LogP contribution in [-0.2, 0) is 4.74 Å². The van der Waals surface area contributed by atoms with Gasteiger partial charge in [-0.25, -0.2) is 0 Å². The molecule has 0 spiro atoms. The second kappa shape index (κ2) is 5.12. The summed E-state index contributed by atoms with van der Waals surface area (Å²) in [7, 11) is 0. The summed E-state index contributed by atoms with van der Waals surface area (Å²) in [4.78, 5) is 2.74. The molecule has 0 aromatic heterocycles. The Morgan fingerprint density at radius 1 is 1.38 bits per heavy atom. The number of hydrogen-bond acceptors (Lipinski definition) is 3. The van der Waals surface area contributed by atoms with Crippen LogP contribution in [0.4, 0.5) is 0 Å². The van der Waals surface area contributed by atoms with Crippen LogP contribution in [0.15, 0.2) is 22.7 Å². The van der Waals surface area contributed by atoms with Gasteiger partial charge in [0.05, 0.1) is 18.8 Å². The summed E-state index contributed by atoms with van der Waals surface area (Å²) in [5.74, 6) is 0.222. The minimum atomic E-state index is 0.222. The monoisotopic (exact) mass is 301 g/mol. The maximum absolute atomic E-state index is 9.77. The van der Waals surface area contributed by atoms with Crippen molar-refractivity contribution in [1.82, 2.24) is 4.90 Å². The van der Waals surface area contributed by atoms with Gasteiger partial charge in [-0.3, -0.25) is 0 Å². The second-order valence-corrected chi connectivity index (χ2v) is 4.87. The average Bonchev–Trinajstić information content (AvgIpc) is 2.32. The van der Waals surface area contributed by atoms with E-state index < -0.39 is 0 Å². The van der Waals surface area contributed by atoms with Gasteiger partial charge in [0.15, 0.2) is 0 Å². The van der Waals surface area contributed by atoms with Crippen LogP contribution in [0.2, 0.25) is 0 Å². The highest BCUT2D eigenvalue weighted by molar-refractivity contribution is 9.10. The summed E-state index contributed by atoms with van der Waals surface area (Å²) in [5.41, 5.74) is 0.700. The summed E-state index contributed by atoms with van der Waals surface area (Å²) >= 11 is 8.75. The van der Waals surface area contributed by atoms with Gasteiger partial charge in [0.2, 0.25) is 0 Å². The molecule has 1 aliphatic heterocycles. The van der Waals surface area contributed by atoms with Gasteiger partial charge in [0.1, 0.15) is 10.7 Å². The number of phenols is 1. The minimum Gasteiger partial charge on any atom is -0.507 e. The fourth-order valence-electron chi connectivity index (χ4n) is 1.62. The summed E-state index contributed by atoms with van der Waals surface area (Å²) < 4.78 is 6.18. The third kappa shape index (κ3) is 2.53. The Kier molecular flexibility index (Phi) is 3.78. The number of halogens is 1. The Bertz CT molecular complexity index is 405. The molecule has 3 nitrogen and oxygen atoms in total. The lowest BCUT2D eigenvalue weighted by Crippen LogP contribution is -2.40. The lowest BCUT2D eigenvalue weighted by atomic mass is 10.2. The molecule has 0 atom stereocenters. The summed E-state index contributed by atoms with van der Waals surface area (Å²) in [6.07, 6.45) is 0. The van der Waals surface area contributed by atoms with Crippen molar-refractivity contribution in [3.63, 3.8) is 0 Å². The van der Waals surface area contributed by atoms with Crippen LogP contribution in [0.1, 0.15) is 5.56 Å². The predicted molar refractivity (Wildman–Crippen MR) is 69.9 cm³/mol. The van der Waals surface area contributed by atoms with Crippen LogP contribution in [0.5, 0.6) is 5.75 Å². The van der Waals surface area contributed by atoms with Gasteiger partial charge in [0.25, 0.3) is 0 Å². The molecule has 0 radical (unpaired) electrons.